The van der Waals surface area contributed by atoms with E-state index in [1.54, 1.807) is 6.92 Å². The highest BCUT2D eigenvalue weighted by Crippen LogP contribution is 2.30. The molecule has 0 radical (unpaired) electrons. The lowest BCUT2D eigenvalue weighted by molar-refractivity contribution is -0.385. The second-order valence-corrected chi connectivity index (χ2v) is 3.74. The zero-order valence-corrected chi connectivity index (χ0v) is 10.5. The molecule has 0 atom stereocenters. The molecule has 1 heterocycles. The molecule has 0 amide bonds. The van der Waals surface area contributed by atoms with Gasteiger partial charge in [0.1, 0.15) is 5.69 Å². The van der Waals surface area contributed by atoms with Crippen LogP contribution in [0.15, 0.2) is 6.07 Å². The van der Waals surface area contributed by atoms with E-state index in [1.807, 2.05) is 0 Å². The molecular formula is C10H9ClF2N2O4. The summed E-state index contributed by atoms with van der Waals surface area (Å²) in [4.78, 5) is 24.3. The summed E-state index contributed by atoms with van der Waals surface area (Å²) in [6.45, 7) is 1.63. The van der Waals surface area contributed by atoms with E-state index < -0.39 is 40.3 Å². The molecule has 104 valence electrons. The fourth-order valence-corrected chi connectivity index (χ4v) is 1.57. The molecule has 6 nitrogen and oxygen atoms in total. The van der Waals surface area contributed by atoms with Crippen LogP contribution < -0.4 is 0 Å². The molecule has 0 aromatic carbocycles. The van der Waals surface area contributed by atoms with Crippen molar-refractivity contribution in [3.8, 4) is 0 Å². The van der Waals surface area contributed by atoms with E-state index in [0.717, 1.165) is 6.07 Å². The lowest BCUT2D eigenvalue weighted by atomic mass is 10.1. The Morgan fingerprint density at radius 2 is 2.26 bits per heavy atom. The number of nitrogens with zero attached hydrogens (tertiary/aromatic N) is 2. The van der Waals surface area contributed by atoms with Crippen molar-refractivity contribution < 1.29 is 23.2 Å². The Labute approximate surface area is 111 Å². The Hall–Kier alpha value is -1.83. The number of ether oxygens (including phenoxy) is 1. The summed E-state index contributed by atoms with van der Waals surface area (Å²) in [6.07, 6.45) is -3.53. The van der Waals surface area contributed by atoms with E-state index in [0.29, 0.717) is 0 Å². The van der Waals surface area contributed by atoms with Gasteiger partial charge in [-0.15, -0.1) is 0 Å². The highest BCUT2D eigenvalue weighted by atomic mass is 35.5. The molecule has 0 fully saturated rings. The lowest BCUT2D eigenvalue weighted by Crippen LogP contribution is -2.11. The highest BCUT2D eigenvalue weighted by Gasteiger charge is 2.24. The first kappa shape index (κ1) is 15.2. The number of hydrogen-bond acceptors (Lipinski definition) is 5. The summed E-state index contributed by atoms with van der Waals surface area (Å²) in [6, 6.07) is 0.813. The van der Waals surface area contributed by atoms with Gasteiger partial charge in [-0.3, -0.25) is 14.9 Å². The monoisotopic (exact) mass is 294 g/mol. The number of nitro groups is 1. The van der Waals surface area contributed by atoms with Crippen molar-refractivity contribution in [2.75, 3.05) is 6.61 Å². The highest BCUT2D eigenvalue weighted by molar-refractivity contribution is 6.31. The fourth-order valence-electron chi connectivity index (χ4n) is 1.36. The quantitative estimate of drug-likeness (QED) is 0.361. The molecule has 0 aliphatic rings. The SMILES string of the molecule is CCOC(=O)Cc1cc([N+](=O)[O-])c(Cl)nc1C(F)F. The predicted octanol–water partition coefficient (Wildman–Crippen LogP) is 2.69. The molecule has 1 rings (SSSR count). The molecule has 1 aromatic rings. The van der Waals surface area contributed by atoms with Crippen molar-refractivity contribution >= 4 is 23.3 Å². The number of halogens is 3. The van der Waals surface area contributed by atoms with Gasteiger partial charge in [0.2, 0.25) is 5.15 Å². The first-order valence-corrected chi connectivity index (χ1v) is 5.52. The maximum Gasteiger partial charge on any atom is 0.310 e. The number of esters is 1. The number of alkyl halides is 2. The van der Waals surface area contributed by atoms with Gasteiger partial charge in [0, 0.05) is 6.07 Å². The van der Waals surface area contributed by atoms with Crippen LogP contribution in [0.3, 0.4) is 0 Å². The van der Waals surface area contributed by atoms with E-state index >= 15 is 0 Å². The van der Waals surface area contributed by atoms with Crippen LogP contribution in [0, 0.1) is 10.1 Å². The van der Waals surface area contributed by atoms with Crippen molar-refractivity contribution in [1.29, 1.82) is 0 Å². The third kappa shape index (κ3) is 3.82. The second kappa shape index (κ2) is 6.37. The first-order chi connectivity index (χ1) is 8.86. The first-order valence-electron chi connectivity index (χ1n) is 5.14. The minimum Gasteiger partial charge on any atom is -0.466 e. The largest absolute Gasteiger partial charge is 0.466 e. The van der Waals surface area contributed by atoms with Crippen LogP contribution >= 0.6 is 11.6 Å². The second-order valence-electron chi connectivity index (χ2n) is 3.38. The molecule has 0 aliphatic heterocycles. The third-order valence-corrected chi connectivity index (χ3v) is 2.39. The van der Waals surface area contributed by atoms with Crippen molar-refractivity contribution in [2.24, 2.45) is 0 Å². The van der Waals surface area contributed by atoms with Crippen molar-refractivity contribution in [2.45, 2.75) is 19.8 Å². The molecule has 0 saturated heterocycles. The molecule has 19 heavy (non-hydrogen) atoms. The Morgan fingerprint density at radius 3 is 2.74 bits per heavy atom. The Bertz CT molecular complexity index is 511. The van der Waals surface area contributed by atoms with Crippen LogP contribution in [-0.2, 0) is 16.0 Å². The van der Waals surface area contributed by atoms with Gasteiger partial charge in [-0.05, 0) is 12.5 Å². The van der Waals surface area contributed by atoms with E-state index in [2.05, 4.69) is 9.72 Å². The van der Waals surface area contributed by atoms with Gasteiger partial charge in [0.05, 0.1) is 18.0 Å². The normalized spacial score (nSPS) is 10.6. The molecule has 0 spiro atoms. The summed E-state index contributed by atoms with van der Waals surface area (Å²) >= 11 is 5.44. The van der Waals surface area contributed by atoms with Gasteiger partial charge >= 0.3 is 11.7 Å². The van der Waals surface area contributed by atoms with Crippen molar-refractivity contribution in [1.82, 2.24) is 4.98 Å². The van der Waals surface area contributed by atoms with Crippen molar-refractivity contribution in [3.63, 3.8) is 0 Å². The van der Waals surface area contributed by atoms with E-state index in [1.165, 1.54) is 0 Å². The van der Waals surface area contributed by atoms with Crippen LogP contribution in [0.2, 0.25) is 5.15 Å². The van der Waals surface area contributed by atoms with Gasteiger partial charge < -0.3 is 4.74 Å². The maximum atomic E-state index is 12.7. The van der Waals surface area contributed by atoms with Gasteiger partial charge in [-0.2, -0.15) is 0 Å². The lowest BCUT2D eigenvalue weighted by Gasteiger charge is -2.08. The molecule has 0 unspecified atom stereocenters. The Morgan fingerprint density at radius 1 is 1.63 bits per heavy atom. The molecule has 0 aliphatic carbocycles. The van der Waals surface area contributed by atoms with Crippen LogP contribution in [0.1, 0.15) is 24.6 Å². The number of pyridine rings is 1. The summed E-state index contributed by atoms with van der Waals surface area (Å²) in [5.74, 6) is -0.775. The standard InChI is InChI=1S/C10H9ClF2N2O4/c1-2-19-7(16)4-5-3-6(15(17)18)9(11)14-8(5)10(12)13/h3,10H,2,4H2,1H3. The average molecular weight is 295 g/mol. The maximum absolute atomic E-state index is 12.7. The fraction of sp³-hybridized carbons (Fsp3) is 0.400. The number of aromatic nitrogens is 1. The average Bonchev–Trinajstić information content (AvgIpc) is 2.30. The van der Waals surface area contributed by atoms with Crippen LogP contribution in [0.4, 0.5) is 14.5 Å². The molecule has 0 bridgehead atoms. The van der Waals surface area contributed by atoms with Crippen LogP contribution in [0.25, 0.3) is 0 Å². The Kier molecular flexibility index (Phi) is 5.11. The molecule has 9 heteroatoms. The van der Waals surface area contributed by atoms with Gasteiger partial charge in [-0.25, -0.2) is 13.8 Å². The molecule has 1 aromatic heterocycles. The van der Waals surface area contributed by atoms with Gasteiger partial charge in [0.25, 0.3) is 6.43 Å². The smallest absolute Gasteiger partial charge is 0.310 e. The molecule has 0 saturated carbocycles. The summed E-state index contributed by atoms with van der Waals surface area (Å²) in [5.41, 5.74) is -1.67. The van der Waals surface area contributed by atoms with E-state index in [-0.39, 0.29) is 12.2 Å². The van der Waals surface area contributed by atoms with E-state index in [4.69, 9.17) is 11.6 Å². The topological polar surface area (TPSA) is 82.3 Å². The summed E-state index contributed by atoms with van der Waals surface area (Å²) in [5, 5.41) is 10.00. The van der Waals surface area contributed by atoms with Gasteiger partial charge in [0.15, 0.2) is 0 Å². The number of carbonyl (C=O) groups excluding carboxylic acids is 1. The predicted molar refractivity (Wildman–Crippen MR) is 61.2 cm³/mol. The molecular weight excluding hydrogens is 286 g/mol. The third-order valence-electron chi connectivity index (χ3n) is 2.11. The van der Waals surface area contributed by atoms with Crippen LogP contribution in [-0.4, -0.2) is 22.5 Å². The number of carbonyl (C=O) groups is 1. The summed E-state index contributed by atoms with van der Waals surface area (Å²) in [7, 11) is 0. The number of hydrogen-bond donors (Lipinski definition) is 0. The Balaban J connectivity index is 3.21. The van der Waals surface area contributed by atoms with Crippen LogP contribution in [0.5, 0.6) is 0 Å². The minimum absolute atomic E-state index is 0.0754. The zero-order chi connectivity index (χ0) is 14.6. The number of rotatable bonds is 5. The summed E-state index contributed by atoms with van der Waals surface area (Å²) < 4.78 is 30.1. The molecule has 0 N–H and O–H groups in total. The van der Waals surface area contributed by atoms with E-state index in [9.17, 15) is 23.7 Å². The minimum atomic E-state index is -3.00. The zero-order valence-electron chi connectivity index (χ0n) is 9.73. The van der Waals surface area contributed by atoms with Crippen molar-refractivity contribution in [3.05, 3.63) is 32.6 Å². The van der Waals surface area contributed by atoms with Gasteiger partial charge in [-0.1, -0.05) is 11.6 Å².